The Morgan fingerprint density at radius 1 is 0.618 bits per heavy atom. The van der Waals surface area contributed by atoms with E-state index in [1.165, 1.54) is 0 Å². The fraction of sp³-hybridized carbons (Fsp3) is 0.326. The Hall–Kier alpha value is -5.62. The van der Waals surface area contributed by atoms with E-state index in [4.69, 9.17) is 28.4 Å². The summed E-state index contributed by atoms with van der Waals surface area (Å²) in [5.74, 6) is 3.25. The number of rotatable bonds is 14. The molecule has 0 unspecified atom stereocenters. The first kappa shape index (κ1) is 39.1. The molecule has 1 saturated heterocycles. The molecule has 1 aliphatic heterocycles. The molecule has 0 atom stereocenters. The van der Waals surface area contributed by atoms with E-state index in [1.807, 2.05) is 54.9 Å². The molecular formula is C43H46F3N3O6. The lowest BCUT2D eigenvalue weighted by Crippen LogP contribution is -2.44. The van der Waals surface area contributed by atoms with Gasteiger partial charge in [0.1, 0.15) is 0 Å². The predicted octanol–water partition coefficient (Wildman–Crippen LogP) is 9.16. The van der Waals surface area contributed by atoms with Crippen molar-refractivity contribution < 1.29 is 41.6 Å². The fourth-order valence-electron chi connectivity index (χ4n) is 7.19. The normalized spacial score (nSPS) is 13.6. The summed E-state index contributed by atoms with van der Waals surface area (Å²) in [6, 6.07) is 23.5. The lowest BCUT2D eigenvalue weighted by Gasteiger charge is -2.40. The molecular weight excluding hydrogens is 711 g/mol. The molecule has 55 heavy (non-hydrogen) atoms. The zero-order valence-electron chi connectivity index (χ0n) is 31.9. The highest BCUT2D eigenvalue weighted by molar-refractivity contribution is 5.72. The fourth-order valence-corrected chi connectivity index (χ4v) is 7.19. The summed E-state index contributed by atoms with van der Waals surface area (Å²) in [5, 5.41) is 0. The smallest absolute Gasteiger partial charge is 0.416 e. The standard InChI is InChI=1S/C43H46F3N3O6/c1-50-37-20-31(21-38(51-2)41(37)54-5)30-9-7-8-28(18-30)27-49(35-12-10-34(11-13-35)43(44,45)46)36-14-16-48(17-15-36)26-29-19-33(25-47-24-29)32-22-39(52-3)42(55-6)40(23-32)53-4/h7-13,18-25,36H,14-17,26-27H2,1-6H3. The summed E-state index contributed by atoms with van der Waals surface area (Å²) in [6.07, 6.45) is 0.931. The Labute approximate surface area is 320 Å². The van der Waals surface area contributed by atoms with Crippen molar-refractivity contribution in [1.82, 2.24) is 9.88 Å². The van der Waals surface area contributed by atoms with Crippen molar-refractivity contribution in [3.63, 3.8) is 0 Å². The second-order valence-electron chi connectivity index (χ2n) is 13.3. The Bertz CT molecular complexity index is 2020. The maximum Gasteiger partial charge on any atom is 0.416 e. The average molecular weight is 758 g/mol. The molecule has 4 aromatic carbocycles. The predicted molar refractivity (Wildman–Crippen MR) is 207 cm³/mol. The maximum atomic E-state index is 13.6. The van der Waals surface area contributed by atoms with Crippen LogP contribution in [0.4, 0.5) is 18.9 Å². The van der Waals surface area contributed by atoms with Gasteiger partial charge in [-0.1, -0.05) is 18.2 Å². The van der Waals surface area contributed by atoms with Gasteiger partial charge in [-0.05, 0) is 101 Å². The monoisotopic (exact) mass is 757 g/mol. The van der Waals surface area contributed by atoms with Crippen LogP contribution in [0.15, 0.2) is 91.3 Å². The number of likely N-dealkylation sites (tertiary alicyclic amines) is 1. The lowest BCUT2D eigenvalue weighted by atomic mass is 9.98. The highest BCUT2D eigenvalue weighted by atomic mass is 19.4. The first-order valence-corrected chi connectivity index (χ1v) is 17.9. The number of aromatic nitrogens is 1. The van der Waals surface area contributed by atoms with Crippen LogP contribution in [0.25, 0.3) is 22.3 Å². The molecule has 0 saturated carbocycles. The van der Waals surface area contributed by atoms with Gasteiger partial charge in [0, 0.05) is 55.9 Å². The van der Waals surface area contributed by atoms with Gasteiger partial charge in [0.2, 0.25) is 11.5 Å². The van der Waals surface area contributed by atoms with Crippen LogP contribution in [-0.2, 0) is 19.3 Å². The van der Waals surface area contributed by atoms with Crippen molar-refractivity contribution in [3.8, 4) is 56.8 Å². The van der Waals surface area contributed by atoms with Crippen molar-refractivity contribution in [3.05, 3.63) is 108 Å². The number of hydrogen-bond acceptors (Lipinski definition) is 9. The number of pyridine rings is 1. The van der Waals surface area contributed by atoms with Crippen LogP contribution in [-0.4, -0.2) is 71.7 Å². The number of anilines is 1. The second kappa shape index (κ2) is 17.2. The van der Waals surface area contributed by atoms with E-state index < -0.39 is 11.7 Å². The third kappa shape index (κ3) is 8.86. The second-order valence-corrected chi connectivity index (χ2v) is 13.3. The van der Waals surface area contributed by atoms with Crippen molar-refractivity contribution in [1.29, 1.82) is 0 Å². The average Bonchev–Trinajstić information content (AvgIpc) is 3.21. The van der Waals surface area contributed by atoms with Gasteiger partial charge in [-0.3, -0.25) is 9.88 Å². The molecule has 1 aromatic heterocycles. The van der Waals surface area contributed by atoms with Crippen molar-refractivity contribution in [2.45, 2.75) is 38.1 Å². The van der Waals surface area contributed by atoms with E-state index in [1.54, 1.807) is 54.8 Å². The molecule has 0 amide bonds. The van der Waals surface area contributed by atoms with E-state index in [0.29, 0.717) is 47.6 Å². The number of ether oxygens (including phenoxy) is 6. The van der Waals surface area contributed by atoms with Gasteiger partial charge in [0.05, 0.1) is 48.2 Å². The SMILES string of the molecule is COc1cc(-c2cncc(CN3CCC(N(Cc4cccc(-c5cc(OC)c(OC)c(OC)c5)c4)c4ccc(C(F)(F)F)cc4)CC3)c2)cc(OC)c1OC. The van der Waals surface area contributed by atoms with E-state index in [0.717, 1.165) is 77.1 Å². The molecule has 2 heterocycles. The van der Waals surface area contributed by atoms with Crippen molar-refractivity contribution >= 4 is 5.69 Å². The molecule has 1 fully saturated rings. The minimum atomic E-state index is -4.42. The van der Waals surface area contributed by atoms with Gasteiger partial charge in [-0.2, -0.15) is 13.2 Å². The van der Waals surface area contributed by atoms with E-state index >= 15 is 0 Å². The number of hydrogen-bond donors (Lipinski definition) is 0. The molecule has 0 bridgehead atoms. The summed E-state index contributed by atoms with van der Waals surface area (Å²) in [7, 11) is 9.48. The topological polar surface area (TPSA) is 74.8 Å². The number of nitrogens with zero attached hydrogens (tertiary/aromatic N) is 3. The summed E-state index contributed by atoms with van der Waals surface area (Å²) in [6.45, 7) is 2.83. The Morgan fingerprint density at radius 3 is 1.65 bits per heavy atom. The quantitative estimate of drug-likeness (QED) is 0.110. The molecule has 0 spiro atoms. The number of benzene rings is 4. The van der Waals surface area contributed by atoms with Gasteiger partial charge in [0.15, 0.2) is 23.0 Å². The zero-order chi connectivity index (χ0) is 39.1. The van der Waals surface area contributed by atoms with Crippen molar-refractivity contribution in [2.24, 2.45) is 0 Å². The minimum Gasteiger partial charge on any atom is -0.493 e. The van der Waals surface area contributed by atoms with Crippen LogP contribution in [0.5, 0.6) is 34.5 Å². The molecule has 1 aliphatic rings. The maximum absolute atomic E-state index is 13.6. The van der Waals surface area contributed by atoms with Crippen LogP contribution in [0.2, 0.25) is 0 Å². The number of alkyl halides is 3. The summed E-state index contributed by atoms with van der Waals surface area (Å²) < 4.78 is 74.0. The number of methoxy groups -OCH3 is 6. The lowest BCUT2D eigenvalue weighted by molar-refractivity contribution is -0.137. The molecule has 12 heteroatoms. The first-order valence-electron chi connectivity index (χ1n) is 17.9. The molecule has 290 valence electrons. The van der Waals surface area contributed by atoms with Gasteiger partial charge in [-0.15, -0.1) is 0 Å². The number of piperidine rings is 1. The highest BCUT2D eigenvalue weighted by Crippen LogP contribution is 2.43. The molecule has 9 nitrogen and oxygen atoms in total. The van der Waals surface area contributed by atoms with Gasteiger partial charge >= 0.3 is 6.18 Å². The minimum absolute atomic E-state index is 0.0986. The summed E-state index contributed by atoms with van der Waals surface area (Å²) in [5.41, 5.74) is 5.80. The van der Waals surface area contributed by atoms with Crippen molar-refractivity contribution in [2.75, 3.05) is 60.6 Å². The summed E-state index contributed by atoms with van der Waals surface area (Å²) >= 11 is 0. The Balaban J connectivity index is 1.22. The van der Waals surface area contributed by atoms with Crippen LogP contribution in [0.1, 0.15) is 29.5 Å². The summed E-state index contributed by atoms with van der Waals surface area (Å²) in [4.78, 5) is 9.17. The van der Waals surface area contributed by atoms with Crippen LogP contribution in [0, 0.1) is 0 Å². The zero-order valence-corrected chi connectivity index (χ0v) is 31.9. The molecule has 0 radical (unpaired) electrons. The molecule has 0 N–H and O–H groups in total. The van der Waals surface area contributed by atoms with E-state index in [2.05, 4.69) is 26.9 Å². The third-order valence-corrected chi connectivity index (χ3v) is 10.0. The number of halogens is 3. The van der Waals surface area contributed by atoms with Crippen LogP contribution < -0.4 is 33.3 Å². The Kier molecular flexibility index (Phi) is 12.2. The van der Waals surface area contributed by atoms with Gasteiger partial charge < -0.3 is 33.3 Å². The highest BCUT2D eigenvalue weighted by Gasteiger charge is 2.31. The largest absolute Gasteiger partial charge is 0.493 e. The van der Waals surface area contributed by atoms with E-state index in [9.17, 15) is 13.2 Å². The third-order valence-electron chi connectivity index (χ3n) is 10.0. The van der Waals surface area contributed by atoms with Gasteiger partial charge in [0.25, 0.3) is 0 Å². The first-order chi connectivity index (χ1) is 26.6. The molecule has 6 rings (SSSR count). The molecule has 0 aliphatic carbocycles. The van der Waals surface area contributed by atoms with Crippen LogP contribution >= 0.6 is 0 Å². The van der Waals surface area contributed by atoms with Gasteiger partial charge in [-0.25, -0.2) is 0 Å². The van der Waals surface area contributed by atoms with E-state index in [-0.39, 0.29) is 6.04 Å². The Morgan fingerprint density at radius 2 is 1.15 bits per heavy atom. The molecule has 5 aromatic rings. The van der Waals surface area contributed by atoms with Crippen LogP contribution in [0.3, 0.4) is 0 Å².